The van der Waals surface area contributed by atoms with Crippen LogP contribution >= 0.6 is 0 Å². The summed E-state index contributed by atoms with van der Waals surface area (Å²) < 4.78 is 1.56. The van der Waals surface area contributed by atoms with Crippen LogP contribution in [0.3, 0.4) is 0 Å². The lowest BCUT2D eigenvalue weighted by Crippen LogP contribution is -2.49. The first-order chi connectivity index (χ1) is 14.2. The Morgan fingerprint density at radius 3 is 2.63 bits per heavy atom. The Morgan fingerprint density at radius 2 is 2.00 bits per heavy atom. The predicted molar refractivity (Wildman–Crippen MR) is 114 cm³/mol. The largest absolute Gasteiger partial charge is 0.391 e. The first kappa shape index (κ1) is 21.8. The number of hydrogen-bond donors (Lipinski definition) is 3. The normalized spacial score (nSPS) is 20.1. The van der Waals surface area contributed by atoms with E-state index in [0.29, 0.717) is 5.69 Å². The van der Waals surface area contributed by atoms with Gasteiger partial charge in [-0.15, -0.1) is 5.10 Å². The molecule has 3 rings (SSSR count). The van der Waals surface area contributed by atoms with Gasteiger partial charge in [0.05, 0.1) is 12.3 Å². The molecule has 2 amide bonds. The SMILES string of the molecule is CNC(=O)[C@@H]1C[C@@H](O)CN1C(=O)[C@@H](n1cc(-c2cccc(NC)c2)nn1)C(C)(C)C. The maximum absolute atomic E-state index is 13.6. The van der Waals surface area contributed by atoms with Crippen molar-refractivity contribution in [2.75, 3.05) is 26.0 Å². The minimum atomic E-state index is -0.729. The Balaban J connectivity index is 1.95. The number of aromatic nitrogens is 3. The van der Waals surface area contributed by atoms with Gasteiger partial charge in [-0.1, -0.05) is 38.1 Å². The van der Waals surface area contributed by atoms with E-state index in [1.54, 1.807) is 10.9 Å². The van der Waals surface area contributed by atoms with Crippen LogP contribution in [0.5, 0.6) is 0 Å². The van der Waals surface area contributed by atoms with Gasteiger partial charge >= 0.3 is 0 Å². The molecule has 1 aromatic carbocycles. The van der Waals surface area contributed by atoms with Crippen molar-refractivity contribution >= 4 is 17.5 Å². The first-order valence-electron chi connectivity index (χ1n) is 10.1. The monoisotopic (exact) mass is 414 g/mol. The summed E-state index contributed by atoms with van der Waals surface area (Å²) in [6.45, 7) is 5.95. The van der Waals surface area contributed by atoms with Crippen LogP contribution in [0, 0.1) is 5.41 Å². The third kappa shape index (κ3) is 4.30. The van der Waals surface area contributed by atoms with Crippen LogP contribution in [0.25, 0.3) is 11.3 Å². The maximum Gasteiger partial charge on any atom is 0.248 e. The molecule has 0 saturated carbocycles. The molecule has 1 saturated heterocycles. The lowest BCUT2D eigenvalue weighted by molar-refractivity contribution is -0.144. The van der Waals surface area contributed by atoms with Crippen molar-refractivity contribution in [2.45, 2.75) is 45.4 Å². The molecular formula is C21H30N6O3. The number of amides is 2. The number of aliphatic hydroxyl groups is 1. The van der Waals surface area contributed by atoms with E-state index < -0.39 is 23.6 Å². The van der Waals surface area contributed by atoms with Crippen LogP contribution in [-0.2, 0) is 9.59 Å². The fraction of sp³-hybridized carbons (Fsp3) is 0.524. The van der Waals surface area contributed by atoms with E-state index in [1.165, 1.54) is 11.9 Å². The van der Waals surface area contributed by atoms with Gasteiger partial charge in [0.15, 0.2) is 0 Å². The molecule has 0 aliphatic carbocycles. The quantitative estimate of drug-likeness (QED) is 0.680. The van der Waals surface area contributed by atoms with Gasteiger partial charge in [0.25, 0.3) is 0 Å². The molecule has 9 heteroatoms. The fourth-order valence-corrected chi connectivity index (χ4v) is 3.88. The number of aliphatic hydroxyl groups excluding tert-OH is 1. The van der Waals surface area contributed by atoms with E-state index in [4.69, 9.17) is 0 Å². The minimum absolute atomic E-state index is 0.120. The van der Waals surface area contributed by atoms with Crippen LogP contribution in [0.4, 0.5) is 5.69 Å². The zero-order chi connectivity index (χ0) is 22.1. The summed E-state index contributed by atoms with van der Waals surface area (Å²) in [5, 5.41) is 24.3. The molecule has 0 radical (unpaired) electrons. The van der Waals surface area contributed by atoms with E-state index in [9.17, 15) is 14.7 Å². The van der Waals surface area contributed by atoms with Gasteiger partial charge in [-0.3, -0.25) is 9.59 Å². The highest BCUT2D eigenvalue weighted by molar-refractivity contribution is 5.90. The standard InChI is InChI=1S/C21H30N6O3/c1-21(2,3)18(20(30)26-11-15(28)10-17(26)19(29)23-5)27-12-16(24-25-27)13-7-6-8-14(9-13)22-4/h6-9,12,15,17-18,22,28H,10-11H2,1-5H3,(H,23,29)/t15-,17+,18-/m1/s1. The Bertz CT molecular complexity index is 919. The van der Waals surface area contributed by atoms with Gasteiger partial charge in [0.1, 0.15) is 17.8 Å². The second kappa shape index (κ2) is 8.43. The first-order valence-corrected chi connectivity index (χ1v) is 10.1. The van der Waals surface area contributed by atoms with Crippen LogP contribution in [0.15, 0.2) is 30.5 Å². The molecule has 2 aromatic rings. The van der Waals surface area contributed by atoms with Crippen LogP contribution in [-0.4, -0.2) is 69.6 Å². The average molecular weight is 415 g/mol. The van der Waals surface area contributed by atoms with E-state index in [1.807, 2.05) is 52.1 Å². The Labute approximate surface area is 176 Å². The molecule has 1 aliphatic heterocycles. The summed E-state index contributed by atoms with van der Waals surface area (Å²) in [7, 11) is 3.37. The van der Waals surface area contributed by atoms with Crippen LogP contribution in [0.1, 0.15) is 33.2 Å². The number of β-amino-alcohol motifs (C(OH)–C–C–N with tert-alkyl or cyclic N) is 1. The molecule has 0 unspecified atom stereocenters. The van der Waals surface area contributed by atoms with Crippen molar-refractivity contribution in [1.82, 2.24) is 25.2 Å². The summed E-state index contributed by atoms with van der Waals surface area (Å²) in [4.78, 5) is 27.3. The Morgan fingerprint density at radius 1 is 1.27 bits per heavy atom. The summed E-state index contributed by atoms with van der Waals surface area (Å²) >= 11 is 0. The number of hydrogen-bond acceptors (Lipinski definition) is 6. The van der Waals surface area contributed by atoms with Gasteiger partial charge in [-0.2, -0.15) is 0 Å². The number of carbonyl (C=O) groups is 2. The predicted octanol–water partition coefficient (Wildman–Crippen LogP) is 1.28. The highest BCUT2D eigenvalue weighted by Crippen LogP contribution is 2.35. The average Bonchev–Trinajstić information content (AvgIpc) is 3.33. The van der Waals surface area contributed by atoms with Gasteiger partial charge in [0.2, 0.25) is 11.8 Å². The van der Waals surface area contributed by atoms with E-state index in [-0.39, 0.29) is 24.8 Å². The van der Waals surface area contributed by atoms with Crippen molar-refractivity contribution < 1.29 is 14.7 Å². The maximum atomic E-state index is 13.6. The number of rotatable bonds is 5. The Hall–Kier alpha value is -2.94. The molecule has 1 fully saturated rings. The lowest BCUT2D eigenvalue weighted by Gasteiger charge is -2.34. The topological polar surface area (TPSA) is 112 Å². The zero-order valence-electron chi connectivity index (χ0n) is 18.1. The number of likely N-dealkylation sites (N-methyl/N-ethyl adjacent to an activating group) is 1. The number of nitrogens with one attached hydrogen (secondary N) is 2. The van der Waals surface area contributed by atoms with Crippen molar-refractivity contribution in [3.63, 3.8) is 0 Å². The second-order valence-corrected chi connectivity index (χ2v) is 8.69. The summed E-state index contributed by atoms with van der Waals surface area (Å²) in [6.07, 6.45) is 1.25. The lowest BCUT2D eigenvalue weighted by atomic mass is 9.85. The fourth-order valence-electron chi connectivity index (χ4n) is 3.88. The van der Waals surface area contributed by atoms with Crippen molar-refractivity contribution in [2.24, 2.45) is 5.41 Å². The third-order valence-corrected chi connectivity index (χ3v) is 5.39. The summed E-state index contributed by atoms with van der Waals surface area (Å²) in [5.74, 6) is -0.538. The van der Waals surface area contributed by atoms with Crippen LogP contribution in [0.2, 0.25) is 0 Å². The molecule has 162 valence electrons. The molecule has 0 spiro atoms. The molecule has 3 N–H and O–H groups in total. The van der Waals surface area contributed by atoms with Gasteiger partial charge in [-0.05, 0) is 17.5 Å². The Kier molecular flexibility index (Phi) is 6.12. The second-order valence-electron chi connectivity index (χ2n) is 8.69. The molecule has 1 aliphatic rings. The van der Waals surface area contributed by atoms with E-state index >= 15 is 0 Å². The van der Waals surface area contributed by atoms with Gasteiger partial charge in [0, 0.05) is 38.3 Å². The molecule has 2 heterocycles. The summed E-state index contributed by atoms with van der Waals surface area (Å²) in [5.41, 5.74) is 1.99. The highest BCUT2D eigenvalue weighted by atomic mass is 16.3. The highest BCUT2D eigenvalue weighted by Gasteiger charge is 2.45. The zero-order valence-corrected chi connectivity index (χ0v) is 18.1. The summed E-state index contributed by atoms with van der Waals surface area (Å²) in [6, 6.07) is 6.39. The van der Waals surface area contributed by atoms with Crippen molar-refractivity contribution in [3.8, 4) is 11.3 Å². The van der Waals surface area contributed by atoms with Crippen molar-refractivity contribution in [1.29, 1.82) is 0 Å². The molecule has 0 bridgehead atoms. The number of carbonyl (C=O) groups excluding carboxylic acids is 2. The molecular weight excluding hydrogens is 384 g/mol. The number of anilines is 1. The smallest absolute Gasteiger partial charge is 0.248 e. The minimum Gasteiger partial charge on any atom is -0.391 e. The van der Waals surface area contributed by atoms with E-state index in [0.717, 1.165) is 11.3 Å². The van der Waals surface area contributed by atoms with E-state index in [2.05, 4.69) is 20.9 Å². The van der Waals surface area contributed by atoms with Crippen LogP contribution < -0.4 is 10.6 Å². The molecule has 9 nitrogen and oxygen atoms in total. The van der Waals surface area contributed by atoms with Crippen molar-refractivity contribution in [3.05, 3.63) is 30.5 Å². The third-order valence-electron chi connectivity index (χ3n) is 5.39. The van der Waals surface area contributed by atoms with Gasteiger partial charge < -0.3 is 20.6 Å². The molecule has 30 heavy (non-hydrogen) atoms. The number of likely N-dealkylation sites (tertiary alicyclic amines) is 1. The molecule has 1 aromatic heterocycles. The molecule has 3 atom stereocenters. The number of benzene rings is 1. The van der Waals surface area contributed by atoms with Gasteiger partial charge in [-0.25, -0.2) is 4.68 Å². The number of nitrogens with zero attached hydrogens (tertiary/aromatic N) is 4.